The lowest BCUT2D eigenvalue weighted by atomic mass is 9.99. The molecule has 0 bridgehead atoms. The molecule has 16 heavy (non-hydrogen) atoms. The molecule has 0 heterocycles. The summed E-state index contributed by atoms with van der Waals surface area (Å²) >= 11 is 5.22. The van der Waals surface area contributed by atoms with Crippen molar-refractivity contribution in [1.29, 1.82) is 0 Å². The van der Waals surface area contributed by atoms with E-state index in [0.717, 1.165) is 4.99 Å². The Balaban J connectivity index is 4.17. The zero-order chi connectivity index (χ0) is 12.9. The molecular formula is C11H22N2O2S. The second-order valence-corrected chi connectivity index (χ2v) is 4.84. The highest BCUT2D eigenvalue weighted by Gasteiger charge is 2.20. The minimum Gasteiger partial charge on any atom is -0.391 e. The number of carbonyl (C=O) groups is 1. The molecule has 0 aliphatic heterocycles. The summed E-state index contributed by atoms with van der Waals surface area (Å²) in [4.78, 5) is 13.5. The summed E-state index contributed by atoms with van der Waals surface area (Å²) in [6, 6.07) is -0.245. The summed E-state index contributed by atoms with van der Waals surface area (Å²) in [7, 11) is 3.78. The molecule has 0 rings (SSSR count). The quantitative estimate of drug-likeness (QED) is 0.704. The van der Waals surface area contributed by atoms with E-state index in [1.165, 1.54) is 6.92 Å². The lowest BCUT2D eigenvalue weighted by molar-refractivity contribution is -0.120. The van der Waals surface area contributed by atoms with Gasteiger partial charge in [0.15, 0.2) is 0 Å². The summed E-state index contributed by atoms with van der Waals surface area (Å²) < 4.78 is 0. The lowest BCUT2D eigenvalue weighted by Crippen LogP contribution is -2.42. The molecule has 4 nitrogen and oxygen atoms in total. The summed E-state index contributed by atoms with van der Waals surface area (Å²) in [6.07, 6.45) is -0.0184. The lowest BCUT2D eigenvalue weighted by Gasteiger charge is -2.25. The zero-order valence-corrected chi connectivity index (χ0v) is 11.5. The fourth-order valence-corrected chi connectivity index (χ4v) is 1.62. The van der Waals surface area contributed by atoms with Crippen molar-refractivity contribution in [2.24, 2.45) is 5.92 Å². The van der Waals surface area contributed by atoms with Crippen molar-refractivity contribution in [2.75, 3.05) is 14.1 Å². The molecule has 0 radical (unpaired) electrons. The van der Waals surface area contributed by atoms with E-state index in [9.17, 15) is 9.90 Å². The molecule has 2 N–H and O–H groups in total. The molecule has 5 heteroatoms. The molecule has 0 spiro atoms. The molecule has 3 atom stereocenters. The van der Waals surface area contributed by atoms with Gasteiger partial charge < -0.3 is 15.3 Å². The fraction of sp³-hybridized carbons (Fsp3) is 0.818. The highest BCUT2D eigenvalue weighted by Crippen LogP contribution is 2.12. The van der Waals surface area contributed by atoms with E-state index in [0.29, 0.717) is 6.42 Å². The Hall–Kier alpha value is -0.680. The van der Waals surface area contributed by atoms with Gasteiger partial charge in [0.25, 0.3) is 0 Å². The SMILES string of the molecule is CC(=O)NC(C)C(O)CC(C)C(=S)N(C)C. The van der Waals surface area contributed by atoms with Crippen molar-refractivity contribution < 1.29 is 9.90 Å². The van der Waals surface area contributed by atoms with Crippen LogP contribution in [0.2, 0.25) is 0 Å². The maximum Gasteiger partial charge on any atom is 0.217 e. The Morgan fingerprint density at radius 3 is 2.31 bits per heavy atom. The number of amides is 1. The monoisotopic (exact) mass is 246 g/mol. The van der Waals surface area contributed by atoms with Crippen LogP contribution in [-0.2, 0) is 4.79 Å². The Morgan fingerprint density at radius 1 is 1.44 bits per heavy atom. The van der Waals surface area contributed by atoms with Gasteiger partial charge in [0.05, 0.1) is 17.1 Å². The number of thiocarbonyl (C=S) groups is 1. The van der Waals surface area contributed by atoms with Crippen LogP contribution in [0, 0.1) is 5.92 Å². The minimum absolute atomic E-state index is 0.121. The zero-order valence-electron chi connectivity index (χ0n) is 10.7. The highest BCUT2D eigenvalue weighted by molar-refractivity contribution is 7.80. The van der Waals surface area contributed by atoms with Crippen LogP contribution in [-0.4, -0.2) is 47.1 Å². The van der Waals surface area contributed by atoms with Gasteiger partial charge in [-0.15, -0.1) is 0 Å². The normalized spacial score (nSPS) is 16.1. The third-order valence-electron chi connectivity index (χ3n) is 2.47. The van der Waals surface area contributed by atoms with E-state index < -0.39 is 6.10 Å². The van der Waals surface area contributed by atoms with Gasteiger partial charge in [0.1, 0.15) is 0 Å². The Labute approximate surface area is 103 Å². The topological polar surface area (TPSA) is 52.6 Å². The van der Waals surface area contributed by atoms with Crippen LogP contribution in [0.25, 0.3) is 0 Å². The van der Waals surface area contributed by atoms with Gasteiger partial charge in [-0.1, -0.05) is 19.1 Å². The van der Waals surface area contributed by atoms with Crippen LogP contribution in [0.4, 0.5) is 0 Å². The van der Waals surface area contributed by atoms with Crippen molar-refractivity contribution in [3.8, 4) is 0 Å². The molecule has 0 aliphatic rings. The first-order chi connectivity index (χ1) is 7.25. The van der Waals surface area contributed by atoms with E-state index in [2.05, 4.69) is 5.32 Å². The predicted octanol–water partition coefficient (Wildman–Crippen LogP) is 0.787. The molecule has 0 aromatic carbocycles. The number of rotatable bonds is 5. The average molecular weight is 246 g/mol. The average Bonchev–Trinajstić information content (AvgIpc) is 2.14. The van der Waals surface area contributed by atoms with Crippen molar-refractivity contribution >= 4 is 23.1 Å². The Morgan fingerprint density at radius 2 is 1.94 bits per heavy atom. The predicted molar refractivity (Wildman–Crippen MR) is 69.4 cm³/mol. The van der Waals surface area contributed by atoms with Gasteiger partial charge in [0, 0.05) is 26.9 Å². The minimum atomic E-state index is -0.572. The first-order valence-electron chi connectivity index (χ1n) is 5.42. The van der Waals surface area contributed by atoms with Gasteiger partial charge in [-0.25, -0.2) is 0 Å². The van der Waals surface area contributed by atoms with Gasteiger partial charge in [-0.05, 0) is 13.3 Å². The highest BCUT2D eigenvalue weighted by atomic mass is 32.1. The van der Waals surface area contributed by atoms with Crippen molar-refractivity contribution in [3.05, 3.63) is 0 Å². The molecule has 0 saturated heterocycles. The standard InChI is InChI=1S/C11H22N2O2S/c1-7(11(16)13(4)5)6-10(15)8(2)12-9(3)14/h7-8,10,15H,6H2,1-5H3,(H,12,14). The first kappa shape index (κ1) is 15.3. The van der Waals surface area contributed by atoms with Crippen LogP contribution in [0.1, 0.15) is 27.2 Å². The molecular weight excluding hydrogens is 224 g/mol. The molecule has 0 fully saturated rings. The molecule has 94 valence electrons. The second kappa shape index (κ2) is 6.81. The molecule has 0 aliphatic carbocycles. The third-order valence-corrected chi connectivity index (χ3v) is 3.23. The van der Waals surface area contributed by atoms with E-state index in [1.54, 1.807) is 6.92 Å². The Bertz CT molecular complexity index is 256. The molecule has 0 saturated carbocycles. The van der Waals surface area contributed by atoms with Gasteiger partial charge in [-0.3, -0.25) is 4.79 Å². The smallest absolute Gasteiger partial charge is 0.217 e. The number of hydrogen-bond acceptors (Lipinski definition) is 3. The number of nitrogens with zero attached hydrogens (tertiary/aromatic N) is 1. The first-order valence-corrected chi connectivity index (χ1v) is 5.82. The van der Waals surface area contributed by atoms with Crippen molar-refractivity contribution in [1.82, 2.24) is 10.2 Å². The van der Waals surface area contributed by atoms with Crippen molar-refractivity contribution in [3.63, 3.8) is 0 Å². The van der Waals surface area contributed by atoms with E-state index in [4.69, 9.17) is 12.2 Å². The second-order valence-electron chi connectivity index (χ2n) is 4.43. The van der Waals surface area contributed by atoms with Crippen LogP contribution in [0.5, 0.6) is 0 Å². The molecule has 1 amide bonds. The van der Waals surface area contributed by atoms with Crippen molar-refractivity contribution in [2.45, 2.75) is 39.3 Å². The van der Waals surface area contributed by atoms with Gasteiger partial charge in [0.2, 0.25) is 5.91 Å². The van der Waals surface area contributed by atoms with E-state index >= 15 is 0 Å². The molecule has 3 unspecified atom stereocenters. The van der Waals surface area contributed by atoms with Crippen LogP contribution in [0.3, 0.4) is 0 Å². The summed E-state index contributed by atoms with van der Waals surface area (Å²) in [5, 5.41) is 12.5. The number of aliphatic hydroxyl groups excluding tert-OH is 1. The van der Waals surface area contributed by atoms with E-state index in [-0.39, 0.29) is 17.9 Å². The third kappa shape index (κ3) is 5.42. The Kier molecular flexibility index (Phi) is 6.52. The fourth-order valence-electron chi connectivity index (χ4n) is 1.52. The summed E-state index contributed by atoms with van der Waals surface area (Å²) in [5.41, 5.74) is 0. The number of carbonyl (C=O) groups excluding carboxylic acids is 1. The maximum absolute atomic E-state index is 10.8. The number of aliphatic hydroxyl groups is 1. The van der Waals surface area contributed by atoms with Gasteiger partial charge >= 0.3 is 0 Å². The van der Waals surface area contributed by atoms with Crippen LogP contribution < -0.4 is 5.32 Å². The number of hydrogen-bond donors (Lipinski definition) is 2. The molecule has 0 aromatic heterocycles. The summed E-state index contributed by atoms with van der Waals surface area (Å²) in [5.74, 6) is -0.00871. The molecule has 0 aromatic rings. The van der Waals surface area contributed by atoms with E-state index in [1.807, 2.05) is 25.9 Å². The van der Waals surface area contributed by atoms with Gasteiger partial charge in [-0.2, -0.15) is 0 Å². The maximum atomic E-state index is 10.8. The number of nitrogens with one attached hydrogen (secondary N) is 1. The van der Waals surface area contributed by atoms with Crippen LogP contribution in [0.15, 0.2) is 0 Å². The summed E-state index contributed by atoms with van der Waals surface area (Å²) in [6.45, 7) is 5.21. The largest absolute Gasteiger partial charge is 0.391 e. The van der Waals surface area contributed by atoms with Crippen LogP contribution >= 0.6 is 12.2 Å².